The number of hydrogen-bond acceptors (Lipinski definition) is 5. The molecule has 1 saturated carbocycles. The summed E-state index contributed by atoms with van der Waals surface area (Å²) in [6.07, 6.45) is 3.48. The van der Waals surface area contributed by atoms with Crippen molar-refractivity contribution in [2.24, 2.45) is 5.92 Å². The first-order valence-corrected chi connectivity index (χ1v) is 9.81. The van der Waals surface area contributed by atoms with E-state index in [1.807, 2.05) is 24.3 Å². The first-order valence-electron chi connectivity index (χ1n) is 9.02. The number of amides is 4. The molecule has 9 nitrogen and oxygen atoms in total. The highest BCUT2D eigenvalue weighted by atomic mass is 79.9. The van der Waals surface area contributed by atoms with Gasteiger partial charge in [0.2, 0.25) is 11.9 Å². The van der Waals surface area contributed by atoms with Crippen LogP contribution in [0, 0.1) is 5.92 Å². The molecule has 1 saturated heterocycles. The average Bonchev–Trinajstić information content (AvgIpc) is 3.21. The lowest BCUT2D eigenvalue weighted by molar-refractivity contribution is -0.128. The third kappa shape index (κ3) is 3.77. The summed E-state index contributed by atoms with van der Waals surface area (Å²) in [6.45, 7) is 0.552. The maximum absolute atomic E-state index is 12.5. The van der Waals surface area contributed by atoms with Crippen LogP contribution in [0.5, 0.6) is 0 Å². The first kappa shape index (κ1) is 18.6. The van der Waals surface area contributed by atoms with E-state index >= 15 is 0 Å². The number of rotatable bonds is 4. The number of benzene rings is 1. The number of halogens is 1. The Kier molecular flexibility index (Phi) is 4.88. The molecule has 3 N–H and O–H groups in total. The van der Waals surface area contributed by atoms with E-state index in [0.29, 0.717) is 32.2 Å². The van der Waals surface area contributed by atoms with Gasteiger partial charge in [-0.2, -0.15) is 0 Å². The Bertz CT molecular complexity index is 918. The molecule has 1 aliphatic heterocycles. The second kappa shape index (κ2) is 7.34. The zero-order valence-corrected chi connectivity index (χ0v) is 16.5. The van der Waals surface area contributed by atoms with E-state index < -0.39 is 11.6 Å². The molecule has 2 heterocycles. The van der Waals surface area contributed by atoms with Crippen molar-refractivity contribution in [2.75, 3.05) is 5.32 Å². The van der Waals surface area contributed by atoms with Crippen LogP contribution in [0.15, 0.2) is 35.1 Å². The van der Waals surface area contributed by atoms with Crippen LogP contribution in [0.4, 0.5) is 10.7 Å². The fourth-order valence-electron chi connectivity index (χ4n) is 3.67. The topological polar surface area (TPSA) is 118 Å². The van der Waals surface area contributed by atoms with E-state index in [1.165, 1.54) is 0 Å². The number of carbonyl (C=O) groups is 3. The lowest BCUT2D eigenvalue weighted by atomic mass is 9.76. The number of aromatic nitrogens is 3. The van der Waals surface area contributed by atoms with Crippen LogP contribution in [-0.2, 0) is 16.1 Å². The lowest BCUT2D eigenvalue weighted by Gasteiger charge is -2.33. The van der Waals surface area contributed by atoms with Crippen molar-refractivity contribution < 1.29 is 14.4 Å². The van der Waals surface area contributed by atoms with Crippen molar-refractivity contribution in [1.29, 1.82) is 0 Å². The molecule has 10 heteroatoms. The number of carbonyl (C=O) groups excluding carboxylic acids is 3. The van der Waals surface area contributed by atoms with Gasteiger partial charge in [0.15, 0.2) is 0 Å². The van der Waals surface area contributed by atoms with Crippen molar-refractivity contribution >= 4 is 39.7 Å². The summed E-state index contributed by atoms with van der Waals surface area (Å²) in [5.74, 6) is -0.450. The van der Waals surface area contributed by atoms with E-state index in [4.69, 9.17) is 0 Å². The Balaban J connectivity index is 1.32. The summed E-state index contributed by atoms with van der Waals surface area (Å²) in [6, 6.07) is 7.42. The second-order valence-corrected chi connectivity index (χ2v) is 8.06. The number of urea groups is 1. The molecule has 28 heavy (non-hydrogen) atoms. The molecule has 4 rings (SSSR count). The highest BCUT2D eigenvalue weighted by Crippen LogP contribution is 2.34. The predicted octanol–water partition coefficient (Wildman–Crippen LogP) is 1.80. The number of nitrogens with zero attached hydrogens (tertiary/aromatic N) is 3. The molecular weight excluding hydrogens is 428 g/mol. The quantitative estimate of drug-likeness (QED) is 0.618. The molecule has 146 valence electrons. The molecule has 0 bridgehead atoms. The van der Waals surface area contributed by atoms with Crippen LogP contribution in [0.1, 0.15) is 31.2 Å². The van der Waals surface area contributed by atoms with E-state index in [-0.39, 0.29) is 23.7 Å². The minimum Gasteiger partial charge on any atom is -0.323 e. The van der Waals surface area contributed by atoms with Gasteiger partial charge >= 0.3 is 6.03 Å². The first-order chi connectivity index (χ1) is 13.4. The molecule has 1 aliphatic carbocycles. The van der Waals surface area contributed by atoms with Gasteiger partial charge in [-0.25, -0.2) is 14.5 Å². The largest absolute Gasteiger partial charge is 0.323 e. The van der Waals surface area contributed by atoms with E-state index in [1.54, 1.807) is 11.0 Å². The molecule has 0 atom stereocenters. The molecule has 1 aromatic carbocycles. The molecule has 4 amide bonds. The molecule has 1 aromatic heterocycles. The Morgan fingerprint density at radius 2 is 1.96 bits per heavy atom. The summed E-state index contributed by atoms with van der Waals surface area (Å²) in [5.41, 5.74) is 0.207. The highest BCUT2D eigenvalue weighted by Gasteiger charge is 2.48. The standard InChI is InChI=1S/C18H19BrN6O3/c19-13-3-1-11(2-4-13)9-25-10-20-16(24-25)21-14(26)12-5-7-18(8-6-12)15(27)22-17(28)23-18/h1-4,10,12H,5-9H2,(H,21,24,26)(H2,22,23,27,28). The van der Waals surface area contributed by atoms with Crippen LogP contribution in [-0.4, -0.2) is 38.1 Å². The van der Waals surface area contributed by atoms with Gasteiger partial charge in [-0.05, 0) is 43.4 Å². The molecule has 0 radical (unpaired) electrons. The van der Waals surface area contributed by atoms with Crippen LogP contribution >= 0.6 is 15.9 Å². The fraction of sp³-hybridized carbons (Fsp3) is 0.389. The number of imide groups is 1. The van der Waals surface area contributed by atoms with Crippen molar-refractivity contribution in [3.63, 3.8) is 0 Å². The second-order valence-electron chi connectivity index (χ2n) is 7.15. The van der Waals surface area contributed by atoms with Gasteiger partial charge in [0, 0.05) is 10.4 Å². The maximum atomic E-state index is 12.5. The Morgan fingerprint density at radius 3 is 2.61 bits per heavy atom. The van der Waals surface area contributed by atoms with Crippen molar-refractivity contribution in [3.05, 3.63) is 40.6 Å². The zero-order chi connectivity index (χ0) is 19.7. The summed E-state index contributed by atoms with van der Waals surface area (Å²) >= 11 is 3.40. The van der Waals surface area contributed by atoms with Crippen molar-refractivity contribution in [1.82, 2.24) is 25.4 Å². The van der Waals surface area contributed by atoms with Crippen LogP contribution in [0.25, 0.3) is 0 Å². The van der Waals surface area contributed by atoms with Crippen LogP contribution < -0.4 is 16.0 Å². The van der Waals surface area contributed by atoms with Crippen LogP contribution in [0.3, 0.4) is 0 Å². The minimum absolute atomic E-state index is 0.166. The van der Waals surface area contributed by atoms with Crippen molar-refractivity contribution in [3.8, 4) is 0 Å². The maximum Gasteiger partial charge on any atom is 0.322 e. The number of anilines is 1. The summed E-state index contributed by atoms with van der Waals surface area (Å²) < 4.78 is 2.67. The SMILES string of the molecule is O=C1NC(=O)C2(CCC(C(=O)Nc3ncn(Cc4ccc(Br)cc4)n3)CC2)N1. The molecule has 1 spiro atoms. The predicted molar refractivity (Wildman–Crippen MR) is 103 cm³/mol. The summed E-state index contributed by atoms with van der Waals surface area (Å²) in [5, 5.41) is 12.0. The highest BCUT2D eigenvalue weighted by molar-refractivity contribution is 9.10. The smallest absolute Gasteiger partial charge is 0.322 e. The molecule has 2 fully saturated rings. The van der Waals surface area contributed by atoms with Gasteiger partial charge in [-0.3, -0.25) is 20.2 Å². The van der Waals surface area contributed by atoms with Gasteiger partial charge < -0.3 is 5.32 Å². The number of hydrogen-bond donors (Lipinski definition) is 3. The van der Waals surface area contributed by atoms with Gasteiger partial charge in [-0.1, -0.05) is 28.1 Å². The van der Waals surface area contributed by atoms with E-state index in [0.717, 1.165) is 10.0 Å². The Labute approximate surface area is 169 Å². The van der Waals surface area contributed by atoms with Gasteiger partial charge in [-0.15, -0.1) is 5.10 Å². The molecule has 0 unspecified atom stereocenters. The number of nitrogens with one attached hydrogen (secondary N) is 3. The van der Waals surface area contributed by atoms with Crippen molar-refractivity contribution in [2.45, 2.75) is 37.8 Å². The third-order valence-corrected chi connectivity index (χ3v) is 5.78. The third-order valence-electron chi connectivity index (χ3n) is 5.25. The van der Waals surface area contributed by atoms with Gasteiger partial charge in [0.25, 0.3) is 5.91 Å². The summed E-state index contributed by atoms with van der Waals surface area (Å²) in [4.78, 5) is 40.0. The fourth-order valence-corrected chi connectivity index (χ4v) is 3.93. The zero-order valence-electron chi connectivity index (χ0n) is 14.9. The van der Waals surface area contributed by atoms with E-state index in [9.17, 15) is 14.4 Å². The Hall–Kier alpha value is -2.75. The normalized spacial score (nSPS) is 24.1. The monoisotopic (exact) mass is 446 g/mol. The van der Waals surface area contributed by atoms with Gasteiger partial charge in [0.05, 0.1) is 6.54 Å². The lowest BCUT2D eigenvalue weighted by Crippen LogP contribution is -2.50. The average molecular weight is 447 g/mol. The Morgan fingerprint density at radius 1 is 1.25 bits per heavy atom. The summed E-state index contributed by atoms with van der Waals surface area (Å²) in [7, 11) is 0. The minimum atomic E-state index is -0.863. The molecular formula is C18H19BrN6O3. The molecule has 2 aliphatic rings. The van der Waals surface area contributed by atoms with Gasteiger partial charge in [0.1, 0.15) is 11.9 Å². The van der Waals surface area contributed by atoms with Crippen LogP contribution in [0.2, 0.25) is 0 Å². The molecule has 2 aromatic rings. The van der Waals surface area contributed by atoms with E-state index in [2.05, 4.69) is 42.0 Å².